The largest absolute Gasteiger partial charge is 0.457 e. The van der Waals surface area contributed by atoms with Gasteiger partial charge in [0.2, 0.25) is 11.8 Å². The van der Waals surface area contributed by atoms with E-state index in [2.05, 4.69) is 10.9 Å². The lowest BCUT2D eigenvalue weighted by atomic mass is 9.95. The molecule has 1 aliphatic heterocycles. The summed E-state index contributed by atoms with van der Waals surface area (Å²) in [4.78, 5) is 35.1. The molecule has 1 fully saturated rings. The Hall–Kier alpha value is -2.37. The highest BCUT2D eigenvalue weighted by Crippen LogP contribution is 2.35. The summed E-state index contributed by atoms with van der Waals surface area (Å²) in [6, 6.07) is 9.08. The van der Waals surface area contributed by atoms with Gasteiger partial charge in [-0.2, -0.15) is 0 Å². The predicted octanol–water partition coefficient (Wildman–Crippen LogP) is 1.09. The van der Waals surface area contributed by atoms with Crippen LogP contribution in [-0.2, 0) is 19.1 Å². The number of esters is 1. The van der Waals surface area contributed by atoms with E-state index in [0.29, 0.717) is 0 Å². The van der Waals surface area contributed by atoms with E-state index in [1.807, 2.05) is 18.2 Å². The zero-order chi connectivity index (χ0) is 15.4. The molecule has 1 saturated heterocycles. The predicted molar refractivity (Wildman–Crippen MR) is 74.5 cm³/mol. The lowest BCUT2D eigenvalue weighted by Crippen LogP contribution is -2.46. The van der Waals surface area contributed by atoms with E-state index >= 15 is 0 Å². The molecule has 1 aromatic rings. The number of hydrazine groups is 1. The first kappa shape index (κ1) is 15.0. The van der Waals surface area contributed by atoms with Crippen molar-refractivity contribution in [3.63, 3.8) is 0 Å². The highest BCUT2D eigenvalue weighted by atomic mass is 16.6. The van der Waals surface area contributed by atoms with Gasteiger partial charge < -0.3 is 4.74 Å². The number of rotatable bonds is 3. The third kappa shape index (κ3) is 3.59. The maximum Gasteiger partial charge on any atom is 0.307 e. The Morgan fingerprint density at radius 2 is 1.86 bits per heavy atom. The van der Waals surface area contributed by atoms with E-state index < -0.39 is 23.9 Å². The van der Waals surface area contributed by atoms with Crippen molar-refractivity contribution < 1.29 is 19.1 Å². The first-order valence-corrected chi connectivity index (χ1v) is 6.83. The number of carbonyl (C=O) groups excluding carboxylic acids is 3. The smallest absolute Gasteiger partial charge is 0.307 e. The highest BCUT2D eigenvalue weighted by Gasteiger charge is 2.40. The average molecular weight is 290 g/mol. The fraction of sp³-hybridized carbons (Fsp3) is 0.400. The lowest BCUT2D eigenvalue weighted by molar-refractivity contribution is -0.142. The zero-order valence-electron chi connectivity index (χ0n) is 12.0. The van der Waals surface area contributed by atoms with Crippen LogP contribution in [0.25, 0.3) is 0 Å². The third-order valence-corrected chi connectivity index (χ3v) is 3.31. The molecular weight excluding hydrogens is 272 g/mol. The fourth-order valence-electron chi connectivity index (χ4n) is 2.09. The van der Waals surface area contributed by atoms with Gasteiger partial charge in [0.05, 0.1) is 12.3 Å². The molecule has 2 rings (SSSR count). The molecule has 0 bridgehead atoms. The van der Waals surface area contributed by atoms with Crippen LogP contribution in [0.3, 0.4) is 0 Å². The van der Waals surface area contributed by atoms with Crippen molar-refractivity contribution in [1.29, 1.82) is 0 Å². The molecule has 0 spiro atoms. The van der Waals surface area contributed by atoms with Crippen LogP contribution in [0, 0.1) is 11.8 Å². The normalized spacial score (nSPS) is 21.0. The maximum absolute atomic E-state index is 12.1. The van der Waals surface area contributed by atoms with Crippen LogP contribution in [0.15, 0.2) is 30.3 Å². The first-order chi connectivity index (χ1) is 9.99. The number of amides is 2. The van der Waals surface area contributed by atoms with Gasteiger partial charge in [0.1, 0.15) is 6.10 Å². The molecule has 2 N–H and O–H groups in total. The Morgan fingerprint density at radius 1 is 1.19 bits per heavy atom. The molecule has 0 aliphatic carbocycles. The molecule has 6 nitrogen and oxygen atoms in total. The second kappa shape index (κ2) is 6.39. The summed E-state index contributed by atoms with van der Waals surface area (Å²) in [5.41, 5.74) is 5.46. The van der Waals surface area contributed by atoms with Gasteiger partial charge in [-0.1, -0.05) is 44.2 Å². The molecule has 2 atom stereocenters. The Labute approximate surface area is 122 Å². The molecule has 1 aromatic carbocycles. The molecule has 0 radical (unpaired) electrons. The van der Waals surface area contributed by atoms with Crippen LogP contribution >= 0.6 is 0 Å². The SMILES string of the molecule is CC(C)C(=O)NNC(=O)[C@@H]1CC(=O)O[C@H]1c1ccccc1. The Balaban J connectivity index is 2.04. The van der Waals surface area contributed by atoms with E-state index in [1.54, 1.807) is 26.0 Å². The van der Waals surface area contributed by atoms with Gasteiger partial charge in [-0.15, -0.1) is 0 Å². The minimum atomic E-state index is -0.646. The molecule has 21 heavy (non-hydrogen) atoms. The number of cyclic esters (lactones) is 1. The van der Waals surface area contributed by atoms with Crippen LogP contribution in [-0.4, -0.2) is 17.8 Å². The summed E-state index contributed by atoms with van der Waals surface area (Å²) >= 11 is 0. The summed E-state index contributed by atoms with van der Waals surface area (Å²) in [5, 5.41) is 0. The zero-order valence-corrected chi connectivity index (χ0v) is 12.0. The number of carbonyl (C=O) groups is 3. The number of hydrogen-bond donors (Lipinski definition) is 2. The van der Waals surface area contributed by atoms with Gasteiger partial charge >= 0.3 is 5.97 Å². The van der Waals surface area contributed by atoms with Crippen molar-refractivity contribution in [2.75, 3.05) is 0 Å². The fourth-order valence-corrected chi connectivity index (χ4v) is 2.09. The molecule has 2 amide bonds. The quantitative estimate of drug-likeness (QED) is 0.645. The summed E-state index contributed by atoms with van der Waals surface area (Å²) in [6.45, 7) is 3.44. The van der Waals surface area contributed by atoms with E-state index in [9.17, 15) is 14.4 Å². The van der Waals surface area contributed by atoms with Gasteiger partial charge in [-0.3, -0.25) is 25.2 Å². The molecule has 6 heteroatoms. The van der Waals surface area contributed by atoms with Gasteiger partial charge in [0.15, 0.2) is 0 Å². The minimum absolute atomic E-state index is 0.00292. The van der Waals surface area contributed by atoms with E-state index in [1.165, 1.54) is 0 Å². The van der Waals surface area contributed by atoms with Crippen molar-refractivity contribution in [2.45, 2.75) is 26.4 Å². The second-order valence-electron chi connectivity index (χ2n) is 5.26. The Morgan fingerprint density at radius 3 is 2.48 bits per heavy atom. The van der Waals surface area contributed by atoms with Gasteiger partial charge in [0.25, 0.3) is 0 Å². The first-order valence-electron chi connectivity index (χ1n) is 6.83. The van der Waals surface area contributed by atoms with Gasteiger partial charge in [-0.25, -0.2) is 0 Å². The minimum Gasteiger partial charge on any atom is -0.457 e. The maximum atomic E-state index is 12.1. The summed E-state index contributed by atoms with van der Waals surface area (Å²) < 4.78 is 5.22. The molecule has 1 heterocycles. The molecule has 1 aliphatic rings. The van der Waals surface area contributed by atoms with Crippen LogP contribution in [0.2, 0.25) is 0 Å². The van der Waals surface area contributed by atoms with E-state index in [0.717, 1.165) is 5.56 Å². The number of ether oxygens (including phenoxy) is 1. The topological polar surface area (TPSA) is 84.5 Å². The van der Waals surface area contributed by atoms with Gasteiger partial charge in [-0.05, 0) is 5.56 Å². The molecule has 0 saturated carbocycles. The number of hydrogen-bond acceptors (Lipinski definition) is 4. The summed E-state index contributed by atoms with van der Waals surface area (Å²) in [6.07, 6.45) is -0.613. The van der Waals surface area contributed by atoms with Crippen LogP contribution in [0.5, 0.6) is 0 Å². The number of benzene rings is 1. The van der Waals surface area contributed by atoms with Crippen LogP contribution in [0.1, 0.15) is 31.9 Å². The molecule has 0 unspecified atom stereocenters. The van der Waals surface area contributed by atoms with E-state index in [4.69, 9.17) is 4.74 Å². The van der Waals surface area contributed by atoms with E-state index in [-0.39, 0.29) is 18.2 Å². The van der Waals surface area contributed by atoms with Crippen molar-refractivity contribution in [3.05, 3.63) is 35.9 Å². The highest BCUT2D eigenvalue weighted by molar-refractivity contribution is 5.89. The van der Waals surface area contributed by atoms with Crippen molar-refractivity contribution >= 4 is 17.8 Å². The summed E-state index contributed by atoms with van der Waals surface area (Å²) in [7, 11) is 0. The van der Waals surface area contributed by atoms with Crippen molar-refractivity contribution in [3.8, 4) is 0 Å². The monoisotopic (exact) mass is 290 g/mol. The molecular formula is C15H18N2O4. The Bertz CT molecular complexity index is 542. The summed E-state index contributed by atoms with van der Waals surface area (Å²) in [5.74, 6) is -2.02. The average Bonchev–Trinajstić information content (AvgIpc) is 2.87. The molecule has 0 aromatic heterocycles. The lowest BCUT2D eigenvalue weighted by Gasteiger charge is -2.18. The van der Waals surface area contributed by atoms with Crippen molar-refractivity contribution in [2.24, 2.45) is 11.8 Å². The van der Waals surface area contributed by atoms with Crippen LogP contribution < -0.4 is 10.9 Å². The second-order valence-corrected chi connectivity index (χ2v) is 5.26. The number of nitrogens with one attached hydrogen (secondary N) is 2. The van der Waals surface area contributed by atoms with Crippen LogP contribution in [0.4, 0.5) is 0 Å². The third-order valence-electron chi connectivity index (χ3n) is 3.31. The standard InChI is InChI=1S/C15H18N2O4/c1-9(2)14(19)16-17-15(20)11-8-12(18)21-13(11)10-6-4-3-5-7-10/h3-7,9,11,13H,8H2,1-2H3,(H,16,19)(H,17,20)/t11-,13+/m1/s1. The Kier molecular flexibility index (Phi) is 4.57. The molecule has 112 valence electrons. The van der Waals surface area contributed by atoms with Gasteiger partial charge in [0, 0.05) is 5.92 Å². The van der Waals surface area contributed by atoms with Crippen molar-refractivity contribution in [1.82, 2.24) is 10.9 Å².